The molecule has 168 valence electrons. The second kappa shape index (κ2) is 10.1. The van der Waals surface area contributed by atoms with E-state index < -0.39 is 0 Å². The van der Waals surface area contributed by atoms with Crippen LogP contribution in [-0.2, 0) is 0 Å². The van der Waals surface area contributed by atoms with E-state index in [0.29, 0.717) is 6.61 Å². The summed E-state index contributed by atoms with van der Waals surface area (Å²) in [5.74, 6) is 3.19. The summed E-state index contributed by atoms with van der Waals surface area (Å²) in [7, 11) is 1.65. The Hall–Kier alpha value is -3.99. The summed E-state index contributed by atoms with van der Waals surface area (Å²) >= 11 is 0. The van der Waals surface area contributed by atoms with Gasteiger partial charge in [-0.1, -0.05) is 0 Å². The summed E-state index contributed by atoms with van der Waals surface area (Å²) in [5, 5.41) is 0. The monoisotopic (exact) mass is 440 g/mol. The molecule has 4 rings (SSSR count). The van der Waals surface area contributed by atoms with Crippen LogP contribution in [0, 0.1) is 13.8 Å². The lowest BCUT2D eigenvalue weighted by Gasteiger charge is -2.11. The SMILES string of the molecule is CCOc1ccc(-n2c(C)cc(C=Nc3ccc(Oc4ccc(OC)cc4)cc3)c2C)cc1. The van der Waals surface area contributed by atoms with Gasteiger partial charge in [-0.15, -0.1) is 0 Å². The zero-order valence-electron chi connectivity index (χ0n) is 19.4. The minimum atomic E-state index is 0.663. The van der Waals surface area contributed by atoms with E-state index in [9.17, 15) is 0 Å². The van der Waals surface area contributed by atoms with Crippen molar-refractivity contribution in [3.63, 3.8) is 0 Å². The average Bonchev–Trinajstić information content (AvgIpc) is 3.13. The molecule has 0 aliphatic rings. The quantitative estimate of drug-likeness (QED) is 0.276. The van der Waals surface area contributed by atoms with Crippen LogP contribution in [-0.4, -0.2) is 24.5 Å². The number of aliphatic imine (C=N–C) groups is 1. The number of hydrogen-bond acceptors (Lipinski definition) is 4. The first-order chi connectivity index (χ1) is 16.1. The van der Waals surface area contributed by atoms with Crippen LogP contribution < -0.4 is 14.2 Å². The molecule has 0 radical (unpaired) electrons. The molecule has 0 saturated heterocycles. The Morgan fingerprint density at radius 3 is 1.97 bits per heavy atom. The van der Waals surface area contributed by atoms with Crippen molar-refractivity contribution in [3.05, 3.63) is 95.8 Å². The first-order valence-corrected chi connectivity index (χ1v) is 11.0. The number of aryl methyl sites for hydroxylation is 1. The summed E-state index contributed by atoms with van der Waals surface area (Å²) in [6, 6.07) is 25.5. The molecule has 0 bridgehead atoms. The van der Waals surface area contributed by atoms with E-state index in [0.717, 1.165) is 51.3 Å². The molecule has 0 unspecified atom stereocenters. The Morgan fingerprint density at radius 1 is 0.788 bits per heavy atom. The molecule has 0 aliphatic heterocycles. The van der Waals surface area contributed by atoms with Crippen LogP contribution in [0.5, 0.6) is 23.0 Å². The fourth-order valence-electron chi connectivity index (χ4n) is 3.70. The number of methoxy groups -OCH3 is 1. The highest BCUT2D eigenvalue weighted by molar-refractivity contribution is 5.84. The number of hydrogen-bond donors (Lipinski definition) is 0. The van der Waals surface area contributed by atoms with Crippen molar-refractivity contribution in [1.82, 2.24) is 4.57 Å². The van der Waals surface area contributed by atoms with Gasteiger partial charge in [0.25, 0.3) is 0 Å². The molecule has 5 heteroatoms. The highest BCUT2D eigenvalue weighted by Gasteiger charge is 2.09. The van der Waals surface area contributed by atoms with Crippen molar-refractivity contribution < 1.29 is 14.2 Å². The molecule has 5 nitrogen and oxygen atoms in total. The van der Waals surface area contributed by atoms with Crippen LogP contribution in [0.4, 0.5) is 5.69 Å². The van der Waals surface area contributed by atoms with Crippen LogP contribution in [0.15, 0.2) is 83.9 Å². The maximum atomic E-state index is 5.89. The van der Waals surface area contributed by atoms with Gasteiger partial charge in [0.2, 0.25) is 0 Å². The molecule has 1 heterocycles. The number of benzene rings is 3. The van der Waals surface area contributed by atoms with Gasteiger partial charge < -0.3 is 18.8 Å². The molecule has 0 aliphatic carbocycles. The van der Waals surface area contributed by atoms with E-state index >= 15 is 0 Å². The normalized spacial score (nSPS) is 11.0. The summed E-state index contributed by atoms with van der Waals surface area (Å²) in [5.41, 5.74) is 5.34. The van der Waals surface area contributed by atoms with E-state index in [2.05, 4.69) is 41.6 Å². The molecule has 3 aromatic carbocycles. The Morgan fingerprint density at radius 2 is 1.36 bits per heavy atom. The minimum Gasteiger partial charge on any atom is -0.497 e. The van der Waals surface area contributed by atoms with Gasteiger partial charge in [-0.05, 0) is 99.6 Å². The lowest BCUT2D eigenvalue weighted by Crippen LogP contribution is -2.00. The number of nitrogens with zero attached hydrogens (tertiary/aromatic N) is 2. The number of rotatable bonds is 8. The second-order valence-corrected chi connectivity index (χ2v) is 7.62. The van der Waals surface area contributed by atoms with E-state index in [1.165, 1.54) is 0 Å². The molecule has 1 aromatic heterocycles. The van der Waals surface area contributed by atoms with E-state index in [4.69, 9.17) is 14.2 Å². The lowest BCUT2D eigenvalue weighted by atomic mass is 10.2. The van der Waals surface area contributed by atoms with Crippen LogP contribution in [0.25, 0.3) is 5.69 Å². The fraction of sp³-hybridized carbons (Fsp3) is 0.179. The van der Waals surface area contributed by atoms with Gasteiger partial charge in [0.15, 0.2) is 0 Å². The van der Waals surface area contributed by atoms with Crippen LogP contribution >= 0.6 is 0 Å². The molecule has 0 atom stereocenters. The molecular formula is C28H28N2O3. The third-order valence-corrected chi connectivity index (χ3v) is 5.36. The zero-order chi connectivity index (χ0) is 23.2. The third-order valence-electron chi connectivity index (χ3n) is 5.36. The van der Waals surface area contributed by atoms with Crippen molar-refractivity contribution in [2.45, 2.75) is 20.8 Å². The first-order valence-electron chi connectivity index (χ1n) is 11.0. The van der Waals surface area contributed by atoms with Crippen LogP contribution in [0.3, 0.4) is 0 Å². The molecule has 0 saturated carbocycles. The third kappa shape index (κ3) is 5.26. The van der Waals surface area contributed by atoms with Gasteiger partial charge in [-0.2, -0.15) is 0 Å². The molecule has 0 fully saturated rings. The van der Waals surface area contributed by atoms with Crippen molar-refractivity contribution in [2.24, 2.45) is 4.99 Å². The van der Waals surface area contributed by atoms with Gasteiger partial charge in [-0.3, -0.25) is 4.99 Å². The van der Waals surface area contributed by atoms with Crippen molar-refractivity contribution in [2.75, 3.05) is 13.7 Å². The summed E-state index contributed by atoms with van der Waals surface area (Å²) in [4.78, 5) is 4.66. The summed E-state index contributed by atoms with van der Waals surface area (Å²) in [6.45, 7) is 6.86. The predicted octanol–water partition coefficient (Wildman–Crippen LogP) is 7.04. The van der Waals surface area contributed by atoms with Gasteiger partial charge in [0, 0.05) is 28.9 Å². The maximum absolute atomic E-state index is 5.89. The van der Waals surface area contributed by atoms with Gasteiger partial charge in [0.1, 0.15) is 23.0 Å². The van der Waals surface area contributed by atoms with Gasteiger partial charge >= 0.3 is 0 Å². The van der Waals surface area contributed by atoms with Crippen LogP contribution in [0.1, 0.15) is 23.9 Å². The predicted molar refractivity (Wildman–Crippen MR) is 133 cm³/mol. The Bertz CT molecular complexity index is 1220. The van der Waals surface area contributed by atoms with Crippen molar-refractivity contribution >= 4 is 11.9 Å². The number of aromatic nitrogens is 1. The Kier molecular flexibility index (Phi) is 6.79. The smallest absolute Gasteiger partial charge is 0.127 e. The van der Waals surface area contributed by atoms with Gasteiger partial charge in [0.05, 0.1) is 19.4 Å². The molecule has 0 N–H and O–H groups in total. The van der Waals surface area contributed by atoms with Crippen LogP contribution in [0.2, 0.25) is 0 Å². The standard InChI is InChI=1S/C28H28N2O3/c1-5-32-26-12-8-24(9-13-26)30-20(2)18-22(21(30)3)19-29-23-6-10-27(11-7-23)33-28-16-14-25(31-4)15-17-28/h6-19H,5H2,1-4H3. The average molecular weight is 441 g/mol. The molecule has 0 amide bonds. The first kappa shape index (κ1) is 22.2. The van der Waals surface area contributed by atoms with Crippen molar-refractivity contribution in [1.29, 1.82) is 0 Å². The Balaban J connectivity index is 1.47. The van der Waals surface area contributed by atoms with Gasteiger partial charge in [-0.25, -0.2) is 0 Å². The summed E-state index contributed by atoms with van der Waals surface area (Å²) in [6.07, 6.45) is 1.91. The molecule has 4 aromatic rings. The zero-order valence-corrected chi connectivity index (χ0v) is 19.4. The van der Waals surface area contributed by atoms with E-state index in [1.54, 1.807) is 7.11 Å². The van der Waals surface area contributed by atoms with E-state index in [1.807, 2.05) is 73.8 Å². The van der Waals surface area contributed by atoms with Crippen molar-refractivity contribution in [3.8, 4) is 28.7 Å². The fourth-order valence-corrected chi connectivity index (χ4v) is 3.70. The van der Waals surface area contributed by atoms with E-state index in [-0.39, 0.29) is 0 Å². The lowest BCUT2D eigenvalue weighted by molar-refractivity contribution is 0.340. The second-order valence-electron chi connectivity index (χ2n) is 7.62. The molecule has 0 spiro atoms. The highest BCUT2D eigenvalue weighted by atomic mass is 16.5. The number of ether oxygens (including phenoxy) is 3. The molecule has 33 heavy (non-hydrogen) atoms. The largest absolute Gasteiger partial charge is 0.497 e. The molecular weight excluding hydrogens is 412 g/mol. The Labute approximate surface area is 194 Å². The topological polar surface area (TPSA) is 45.0 Å². The minimum absolute atomic E-state index is 0.663. The maximum Gasteiger partial charge on any atom is 0.127 e. The highest BCUT2D eigenvalue weighted by Crippen LogP contribution is 2.26. The summed E-state index contributed by atoms with van der Waals surface area (Å²) < 4.78 is 18.8.